The second-order valence-corrected chi connectivity index (χ2v) is 9.43. The Labute approximate surface area is 203 Å². The van der Waals surface area contributed by atoms with Crippen molar-refractivity contribution < 1.29 is 5.11 Å². The van der Waals surface area contributed by atoms with Crippen LogP contribution in [0.3, 0.4) is 0 Å². The summed E-state index contributed by atoms with van der Waals surface area (Å²) in [6.45, 7) is 4.36. The number of halogens is 1. The molecule has 0 amide bonds. The lowest BCUT2D eigenvalue weighted by Gasteiger charge is -2.28. The first-order chi connectivity index (χ1) is 16.3. The molecule has 7 nitrogen and oxygen atoms in total. The zero-order valence-electron chi connectivity index (χ0n) is 19.7. The van der Waals surface area contributed by atoms with E-state index in [-0.39, 0.29) is 30.5 Å². The van der Waals surface area contributed by atoms with Crippen LogP contribution in [0.5, 0.6) is 0 Å². The van der Waals surface area contributed by atoms with Gasteiger partial charge in [-0.3, -0.25) is 18.9 Å². The van der Waals surface area contributed by atoms with Gasteiger partial charge in [-0.25, -0.2) is 9.79 Å². The molecule has 8 heteroatoms. The Kier molecular flexibility index (Phi) is 7.14. The molecular formula is C26H29ClN4O3. The summed E-state index contributed by atoms with van der Waals surface area (Å²) in [5.41, 5.74) is 3.67. The molecule has 0 saturated carbocycles. The molecular weight excluding hydrogens is 452 g/mol. The first-order valence-electron chi connectivity index (χ1n) is 11.5. The van der Waals surface area contributed by atoms with Crippen LogP contribution in [0.25, 0.3) is 0 Å². The minimum absolute atomic E-state index is 0.0914. The fourth-order valence-corrected chi connectivity index (χ4v) is 4.69. The average molecular weight is 481 g/mol. The van der Waals surface area contributed by atoms with Crippen LogP contribution < -0.4 is 11.2 Å². The molecule has 4 rings (SSSR count). The van der Waals surface area contributed by atoms with Crippen molar-refractivity contribution in [3.8, 4) is 0 Å². The quantitative estimate of drug-likeness (QED) is 0.559. The third kappa shape index (κ3) is 4.63. The molecule has 0 saturated heterocycles. The average Bonchev–Trinajstić information content (AvgIpc) is 2.84. The molecule has 178 valence electrons. The Balaban J connectivity index is 1.91. The van der Waals surface area contributed by atoms with Gasteiger partial charge in [-0.15, -0.1) is 0 Å². The molecule has 34 heavy (non-hydrogen) atoms. The summed E-state index contributed by atoms with van der Waals surface area (Å²) < 4.78 is 2.65. The molecule has 0 spiro atoms. The number of aromatic nitrogens is 3. The van der Waals surface area contributed by atoms with Crippen molar-refractivity contribution in [3.05, 3.63) is 90.8 Å². The number of benzene rings is 1. The molecule has 1 aromatic carbocycles. The number of aliphatic hydroxyl groups excluding tert-OH is 1. The molecule has 3 aromatic rings. The van der Waals surface area contributed by atoms with E-state index in [0.717, 1.165) is 17.0 Å². The first-order valence-corrected chi connectivity index (χ1v) is 11.9. The number of pyridine rings is 1. The number of hydrogen-bond donors (Lipinski definition) is 1. The summed E-state index contributed by atoms with van der Waals surface area (Å²) in [5.74, 6) is 0.589. The Morgan fingerprint density at radius 2 is 1.94 bits per heavy atom. The van der Waals surface area contributed by atoms with Crippen LogP contribution in [0.15, 0.2) is 57.2 Å². The molecule has 1 aliphatic heterocycles. The lowest BCUT2D eigenvalue weighted by Crippen LogP contribution is -2.43. The summed E-state index contributed by atoms with van der Waals surface area (Å²) in [7, 11) is 1.65. The van der Waals surface area contributed by atoms with Crippen LogP contribution in [0.1, 0.15) is 48.6 Å². The van der Waals surface area contributed by atoms with Gasteiger partial charge in [0.1, 0.15) is 5.82 Å². The Morgan fingerprint density at radius 1 is 1.18 bits per heavy atom. The van der Waals surface area contributed by atoms with Crippen molar-refractivity contribution in [3.63, 3.8) is 0 Å². The summed E-state index contributed by atoms with van der Waals surface area (Å²) in [6.07, 6.45) is 2.98. The van der Waals surface area contributed by atoms with Gasteiger partial charge in [-0.05, 0) is 48.4 Å². The third-order valence-electron chi connectivity index (χ3n) is 6.32. The van der Waals surface area contributed by atoms with Gasteiger partial charge in [0.15, 0.2) is 0 Å². The van der Waals surface area contributed by atoms with Crippen molar-refractivity contribution in [2.45, 2.75) is 45.6 Å². The minimum Gasteiger partial charge on any atom is -0.396 e. The molecule has 1 aliphatic rings. The maximum Gasteiger partial charge on any atom is 0.332 e. The summed E-state index contributed by atoms with van der Waals surface area (Å²) in [4.78, 5) is 35.7. The number of hydrogen-bond acceptors (Lipinski definition) is 5. The fourth-order valence-electron chi connectivity index (χ4n) is 4.58. The van der Waals surface area contributed by atoms with Crippen molar-refractivity contribution in [1.82, 2.24) is 14.1 Å². The zero-order valence-corrected chi connectivity index (χ0v) is 20.4. The van der Waals surface area contributed by atoms with E-state index in [0.29, 0.717) is 35.7 Å². The van der Waals surface area contributed by atoms with E-state index in [2.05, 4.69) is 31.0 Å². The van der Waals surface area contributed by atoms with E-state index in [4.69, 9.17) is 16.6 Å². The first kappa shape index (κ1) is 24.1. The molecule has 2 aromatic heterocycles. The van der Waals surface area contributed by atoms with Crippen LogP contribution >= 0.6 is 11.6 Å². The molecule has 0 bridgehead atoms. The molecule has 1 unspecified atom stereocenters. The summed E-state index contributed by atoms with van der Waals surface area (Å²) in [5, 5.41) is 9.78. The maximum absolute atomic E-state index is 13.3. The highest BCUT2D eigenvalue weighted by Gasteiger charge is 2.31. The van der Waals surface area contributed by atoms with Gasteiger partial charge in [-0.1, -0.05) is 49.7 Å². The van der Waals surface area contributed by atoms with E-state index < -0.39 is 5.69 Å². The number of aliphatic imine (C=N–C) groups is 1. The normalized spacial score (nSPS) is 15.4. The summed E-state index contributed by atoms with van der Waals surface area (Å²) in [6, 6.07) is 11.9. The van der Waals surface area contributed by atoms with Crippen molar-refractivity contribution in [2.75, 3.05) is 6.61 Å². The van der Waals surface area contributed by atoms with Crippen LogP contribution in [0.4, 0.5) is 5.82 Å². The van der Waals surface area contributed by atoms with Gasteiger partial charge in [0.05, 0.1) is 16.3 Å². The lowest BCUT2D eigenvalue weighted by atomic mass is 9.82. The Morgan fingerprint density at radius 3 is 2.62 bits per heavy atom. The van der Waals surface area contributed by atoms with E-state index in [1.165, 1.54) is 14.7 Å². The van der Waals surface area contributed by atoms with E-state index in [1.807, 2.05) is 24.3 Å². The minimum atomic E-state index is -0.421. The SMILES string of the molecule is CC(C)c1ccccc1C1=Nc2c(c(=O)n(CCCO)c(=O)n2C)CC1Cc1ccc(Cl)cn1. The van der Waals surface area contributed by atoms with E-state index in [1.54, 1.807) is 13.2 Å². The predicted octanol–water partition coefficient (Wildman–Crippen LogP) is 3.64. The highest BCUT2D eigenvalue weighted by atomic mass is 35.5. The van der Waals surface area contributed by atoms with Gasteiger partial charge in [0.25, 0.3) is 5.56 Å². The predicted molar refractivity (Wildman–Crippen MR) is 135 cm³/mol. The number of fused-ring (bicyclic) bond motifs is 1. The fraction of sp³-hybridized carbons (Fsp3) is 0.385. The molecule has 0 fully saturated rings. The van der Waals surface area contributed by atoms with Gasteiger partial charge < -0.3 is 5.11 Å². The van der Waals surface area contributed by atoms with Crippen LogP contribution in [0.2, 0.25) is 5.02 Å². The smallest absolute Gasteiger partial charge is 0.332 e. The van der Waals surface area contributed by atoms with Gasteiger partial charge in [-0.2, -0.15) is 0 Å². The molecule has 0 aliphatic carbocycles. The van der Waals surface area contributed by atoms with Gasteiger partial charge in [0, 0.05) is 38.0 Å². The van der Waals surface area contributed by atoms with Crippen molar-refractivity contribution in [2.24, 2.45) is 18.0 Å². The summed E-state index contributed by atoms with van der Waals surface area (Å²) >= 11 is 6.03. The topological polar surface area (TPSA) is 89.5 Å². The number of rotatable bonds is 7. The Bertz CT molecular complexity index is 1340. The molecule has 1 N–H and O–H groups in total. The van der Waals surface area contributed by atoms with Gasteiger partial charge >= 0.3 is 5.69 Å². The maximum atomic E-state index is 13.3. The van der Waals surface area contributed by atoms with Crippen LogP contribution in [-0.4, -0.2) is 31.5 Å². The second kappa shape index (κ2) is 10.1. The Hall–Kier alpha value is -3.03. The number of aliphatic hydroxyl groups is 1. The van der Waals surface area contributed by atoms with E-state index >= 15 is 0 Å². The largest absolute Gasteiger partial charge is 0.396 e. The molecule has 1 atom stereocenters. The van der Waals surface area contributed by atoms with Crippen LogP contribution in [0, 0.1) is 5.92 Å². The standard InChI is InChI=1S/C26H29ClN4O3/c1-16(2)20-7-4-5-8-21(20)23-17(13-19-10-9-18(27)15-28-19)14-22-24(29-23)30(3)26(34)31(25(22)33)11-6-12-32/h4-5,7-10,15-17,32H,6,11-14H2,1-3H3. The third-order valence-corrected chi connectivity index (χ3v) is 6.54. The monoisotopic (exact) mass is 480 g/mol. The van der Waals surface area contributed by atoms with Crippen molar-refractivity contribution >= 4 is 23.1 Å². The highest BCUT2D eigenvalue weighted by Crippen LogP contribution is 2.32. The molecule has 3 heterocycles. The van der Waals surface area contributed by atoms with Gasteiger partial charge in [0.2, 0.25) is 0 Å². The van der Waals surface area contributed by atoms with Crippen molar-refractivity contribution in [1.29, 1.82) is 0 Å². The lowest BCUT2D eigenvalue weighted by molar-refractivity contribution is 0.277. The zero-order chi connectivity index (χ0) is 24.4. The highest BCUT2D eigenvalue weighted by molar-refractivity contribution is 6.30. The second-order valence-electron chi connectivity index (χ2n) is 8.99. The number of nitrogens with zero attached hydrogens (tertiary/aromatic N) is 4. The molecule has 0 radical (unpaired) electrons. The van der Waals surface area contributed by atoms with E-state index in [9.17, 15) is 14.7 Å². The van der Waals surface area contributed by atoms with Crippen LogP contribution in [-0.2, 0) is 26.4 Å².